The van der Waals surface area contributed by atoms with Crippen LogP contribution in [0.5, 0.6) is 0 Å². The molecule has 3 rings (SSSR count). The molecule has 1 aromatic heterocycles. The Labute approximate surface area is 158 Å². The third-order valence-electron chi connectivity index (χ3n) is 4.57. The Morgan fingerprint density at radius 2 is 1.89 bits per heavy atom. The molecule has 0 bridgehead atoms. The van der Waals surface area contributed by atoms with Crippen LogP contribution < -0.4 is 10.6 Å². The Morgan fingerprint density at radius 1 is 1.11 bits per heavy atom. The maximum absolute atomic E-state index is 11.7. The summed E-state index contributed by atoms with van der Waals surface area (Å²) in [7, 11) is 0. The standard InChI is InChI=1S/C20H24N4O3/c1-2-27-20(26)17-6-7-18(22-13-17)24-10-8-23(9-11-24)14-15-4-3-5-16(12-15)19(21)25/h3-7,12-13H,2,8-11,14H2,1H3,(H2,21,25). The number of pyridine rings is 1. The van der Waals surface area contributed by atoms with Crippen LogP contribution in [0.3, 0.4) is 0 Å². The molecule has 2 N–H and O–H groups in total. The summed E-state index contributed by atoms with van der Waals surface area (Å²) < 4.78 is 4.98. The number of ether oxygens (including phenoxy) is 1. The van der Waals surface area contributed by atoms with Gasteiger partial charge in [-0.1, -0.05) is 12.1 Å². The highest BCUT2D eigenvalue weighted by Crippen LogP contribution is 2.16. The molecule has 2 heterocycles. The van der Waals surface area contributed by atoms with E-state index in [0.29, 0.717) is 17.7 Å². The van der Waals surface area contributed by atoms with E-state index in [1.54, 1.807) is 25.3 Å². The average Bonchev–Trinajstić information content (AvgIpc) is 2.69. The van der Waals surface area contributed by atoms with Gasteiger partial charge in [-0.2, -0.15) is 0 Å². The molecule has 7 heteroatoms. The molecule has 7 nitrogen and oxygen atoms in total. The van der Waals surface area contributed by atoms with Crippen LogP contribution in [-0.2, 0) is 11.3 Å². The van der Waals surface area contributed by atoms with Crippen molar-refractivity contribution in [2.75, 3.05) is 37.7 Å². The zero-order chi connectivity index (χ0) is 19.2. The van der Waals surface area contributed by atoms with Gasteiger partial charge in [-0.3, -0.25) is 9.69 Å². The van der Waals surface area contributed by atoms with Crippen molar-refractivity contribution in [3.05, 3.63) is 59.3 Å². The lowest BCUT2D eigenvalue weighted by Gasteiger charge is -2.35. The van der Waals surface area contributed by atoms with Gasteiger partial charge in [0.2, 0.25) is 5.91 Å². The average molecular weight is 368 g/mol. The highest BCUT2D eigenvalue weighted by atomic mass is 16.5. The Hall–Kier alpha value is -2.93. The summed E-state index contributed by atoms with van der Waals surface area (Å²) in [5.74, 6) is 0.108. The van der Waals surface area contributed by atoms with E-state index in [1.807, 2.05) is 24.3 Å². The van der Waals surface area contributed by atoms with Crippen LogP contribution in [0, 0.1) is 0 Å². The van der Waals surface area contributed by atoms with Crippen LogP contribution in [0.4, 0.5) is 5.82 Å². The van der Waals surface area contributed by atoms with Crippen molar-refractivity contribution in [1.82, 2.24) is 9.88 Å². The molecule has 1 fully saturated rings. The number of esters is 1. The predicted molar refractivity (Wildman–Crippen MR) is 103 cm³/mol. The Bertz CT molecular complexity index is 799. The second-order valence-electron chi connectivity index (χ2n) is 6.45. The molecule has 2 aromatic rings. The maximum atomic E-state index is 11.7. The van der Waals surface area contributed by atoms with Gasteiger partial charge in [-0.25, -0.2) is 9.78 Å². The number of hydrogen-bond donors (Lipinski definition) is 1. The smallest absolute Gasteiger partial charge is 0.339 e. The van der Waals surface area contributed by atoms with Crippen molar-refractivity contribution in [3.8, 4) is 0 Å². The summed E-state index contributed by atoms with van der Waals surface area (Å²) in [6.07, 6.45) is 1.56. The summed E-state index contributed by atoms with van der Waals surface area (Å²) in [6.45, 7) is 6.39. The number of rotatable bonds is 6. The second kappa shape index (κ2) is 8.64. The number of hydrogen-bond acceptors (Lipinski definition) is 6. The normalized spacial score (nSPS) is 14.8. The van der Waals surface area contributed by atoms with E-state index in [9.17, 15) is 9.59 Å². The molecule has 1 saturated heterocycles. The summed E-state index contributed by atoms with van der Waals surface area (Å²) in [5, 5.41) is 0. The first-order chi connectivity index (χ1) is 13.1. The minimum atomic E-state index is -0.404. The largest absolute Gasteiger partial charge is 0.462 e. The second-order valence-corrected chi connectivity index (χ2v) is 6.45. The quantitative estimate of drug-likeness (QED) is 0.781. The number of benzene rings is 1. The minimum Gasteiger partial charge on any atom is -0.462 e. The van der Waals surface area contributed by atoms with Crippen molar-refractivity contribution in [2.24, 2.45) is 5.73 Å². The first kappa shape index (κ1) is 18.8. The number of nitrogens with two attached hydrogens (primary N) is 1. The Morgan fingerprint density at radius 3 is 2.52 bits per heavy atom. The van der Waals surface area contributed by atoms with Crippen molar-refractivity contribution < 1.29 is 14.3 Å². The van der Waals surface area contributed by atoms with Gasteiger partial charge in [-0.05, 0) is 36.8 Å². The zero-order valence-electron chi connectivity index (χ0n) is 15.4. The van der Waals surface area contributed by atoms with E-state index >= 15 is 0 Å². The first-order valence-corrected chi connectivity index (χ1v) is 9.06. The number of aromatic nitrogens is 1. The van der Waals surface area contributed by atoms with Gasteiger partial charge in [0, 0.05) is 44.5 Å². The number of anilines is 1. The predicted octanol–water partition coefficient (Wildman–Crippen LogP) is 1.68. The monoisotopic (exact) mass is 368 g/mol. The number of primary amides is 1. The topological polar surface area (TPSA) is 88.8 Å². The van der Waals surface area contributed by atoms with Crippen molar-refractivity contribution in [1.29, 1.82) is 0 Å². The van der Waals surface area contributed by atoms with E-state index in [1.165, 1.54) is 0 Å². The molecule has 0 radical (unpaired) electrons. The molecule has 1 amide bonds. The van der Waals surface area contributed by atoms with E-state index in [0.717, 1.165) is 44.1 Å². The molecule has 1 aliphatic heterocycles. The van der Waals surface area contributed by atoms with E-state index in [4.69, 9.17) is 10.5 Å². The number of piperazine rings is 1. The van der Waals surface area contributed by atoms with Crippen molar-refractivity contribution in [3.63, 3.8) is 0 Å². The highest BCUT2D eigenvalue weighted by Gasteiger charge is 2.19. The maximum Gasteiger partial charge on any atom is 0.339 e. The molecule has 27 heavy (non-hydrogen) atoms. The van der Waals surface area contributed by atoms with Gasteiger partial charge < -0.3 is 15.4 Å². The van der Waals surface area contributed by atoms with Gasteiger partial charge in [0.1, 0.15) is 5.82 Å². The molecule has 0 saturated carbocycles. The van der Waals surface area contributed by atoms with Gasteiger partial charge in [0.15, 0.2) is 0 Å². The van der Waals surface area contributed by atoms with Gasteiger partial charge >= 0.3 is 5.97 Å². The molecule has 142 valence electrons. The third-order valence-corrected chi connectivity index (χ3v) is 4.57. The van der Waals surface area contributed by atoms with Crippen LogP contribution in [0.2, 0.25) is 0 Å². The van der Waals surface area contributed by atoms with Gasteiger partial charge in [0.05, 0.1) is 12.2 Å². The minimum absolute atomic E-state index is 0.348. The number of carbonyl (C=O) groups is 2. The van der Waals surface area contributed by atoms with Crippen LogP contribution >= 0.6 is 0 Å². The number of carbonyl (C=O) groups excluding carboxylic acids is 2. The molecular formula is C20H24N4O3. The number of amides is 1. The van der Waals surface area contributed by atoms with Crippen LogP contribution in [-0.4, -0.2) is 54.5 Å². The lowest BCUT2D eigenvalue weighted by atomic mass is 10.1. The molecular weight excluding hydrogens is 344 g/mol. The van der Waals surface area contributed by atoms with Gasteiger partial charge in [0.25, 0.3) is 0 Å². The summed E-state index contributed by atoms with van der Waals surface area (Å²) in [5.41, 5.74) is 7.43. The molecule has 0 atom stereocenters. The molecule has 1 aromatic carbocycles. The fourth-order valence-electron chi connectivity index (χ4n) is 3.12. The third kappa shape index (κ3) is 4.83. The molecule has 0 aliphatic carbocycles. The van der Waals surface area contributed by atoms with Crippen LogP contribution in [0.15, 0.2) is 42.6 Å². The van der Waals surface area contributed by atoms with E-state index in [2.05, 4.69) is 14.8 Å². The van der Waals surface area contributed by atoms with E-state index in [-0.39, 0.29) is 5.97 Å². The fourth-order valence-corrected chi connectivity index (χ4v) is 3.12. The zero-order valence-corrected chi connectivity index (χ0v) is 15.4. The lowest BCUT2D eigenvalue weighted by molar-refractivity contribution is 0.0525. The first-order valence-electron chi connectivity index (χ1n) is 9.06. The summed E-state index contributed by atoms with van der Waals surface area (Å²) in [6, 6.07) is 11.1. The molecule has 1 aliphatic rings. The van der Waals surface area contributed by atoms with Crippen molar-refractivity contribution >= 4 is 17.7 Å². The Balaban J connectivity index is 1.55. The van der Waals surface area contributed by atoms with Crippen LogP contribution in [0.1, 0.15) is 33.2 Å². The number of nitrogens with zero attached hydrogens (tertiary/aromatic N) is 3. The fraction of sp³-hybridized carbons (Fsp3) is 0.350. The van der Waals surface area contributed by atoms with Crippen LogP contribution in [0.25, 0.3) is 0 Å². The summed E-state index contributed by atoms with van der Waals surface area (Å²) >= 11 is 0. The summed E-state index contributed by atoms with van der Waals surface area (Å²) in [4.78, 5) is 32.0. The Kier molecular flexibility index (Phi) is 6.03. The van der Waals surface area contributed by atoms with Gasteiger partial charge in [-0.15, -0.1) is 0 Å². The lowest BCUT2D eigenvalue weighted by Crippen LogP contribution is -2.46. The van der Waals surface area contributed by atoms with E-state index < -0.39 is 5.91 Å². The van der Waals surface area contributed by atoms with Crippen molar-refractivity contribution in [2.45, 2.75) is 13.5 Å². The highest BCUT2D eigenvalue weighted by molar-refractivity contribution is 5.92. The molecule has 0 unspecified atom stereocenters. The SMILES string of the molecule is CCOC(=O)c1ccc(N2CCN(Cc3cccc(C(N)=O)c3)CC2)nc1. The molecule has 0 spiro atoms.